The van der Waals surface area contributed by atoms with Gasteiger partial charge in [0.2, 0.25) is 0 Å². The van der Waals surface area contributed by atoms with Crippen molar-refractivity contribution in [1.29, 1.82) is 0 Å². The molecule has 0 saturated heterocycles. The topological polar surface area (TPSA) is 14.8 Å². The van der Waals surface area contributed by atoms with Gasteiger partial charge in [0.1, 0.15) is 0 Å². The normalized spacial score (nSPS) is 13.1. The highest BCUT2D eigenvalue weighted by atomic mass is 15.0. The summed E-state index contributed by atoms with van der Waals surface area (Å²) in [4.78, 5) is 0. The molecule has 12 rings (SSSR count). The number of benzene rings is 9. The SMILES string of the molecule is CC(C)(C)c1ccc2c(c1)c1cc(C(C)(C)C)ccc1n2-c1ccc2c3ccc(-n4c5ccc(C(C)(C)C)cc5c5cc(C(C)(C)C)ccc54)cc3n(-c3ccc4cc(-c5ccccc5)ccc4c3)c2c1. The van der Waals surface area contributed by atoms with Gasteiger partial charge < -0.3 is 13.7 Å². The molecule has 0 unspecified atom stereocenters. The molecule has 9 aromatic carbocycles. The molecular formula is C68H65N3. The van der Waals surface area contributed by atoms with E-state index < -0.39 is 0 Å². The predicted octanol–water partition coefficient (Wildman–Crippen LogP) is 19.0. The number of aromatic nitrogens is 3. The minimum absolute atomic E-state index is 0.0237. The lowest BCUT2D eigenvalue weighted by Crippen LogP contribution is -2.10. The summed E-state index contributed by atoms with van der Waals surface area (Å²) in [5, 5.41) is 10.1. The van der Waals surface area contributed by atoms with Crippen LogP contribution in [0.15, 0.2) is 176 Å². The highest BCUT2D eigenvalue weighted by Gasteiger charge is 2.25. The standard InChI is InChI=1S/C68H65N3/c1-65(2,3)46-21-30-59-55(36-46)56-37-47(66(4,5)6)22-31-60(56)69(59)51-26-28-53-54-29-27-52(70-61-32-23-48(67(7,8)9)38-57(61)58-39-49(68(10,11)12)24-33-62(58)70)41-64(54)71(63(53)40-51)50-25-20-44-34-43(18-19-45(44)35-50)42-16-14-13-15-17-42/h13-41H,1-12H3. The van der Waals surface area contributed by atoms with Crippen LogP contribution in [0.25, 0.3) is 104 Å². The van der Waals surface area contributed by atoms with Crippen LogP contribution in [0, 0.1) is 0 Å². The van der Waals surface area contributed by atoms with Gasteiger partial charge in [-0.1, -0.05) is 168 Å². The molecule has 3 aromatic heterocycles. The molecule has 0 atom stereocenters. The van der Waals surface area contributed by atoms with E-state index in [1.54, 1.807) is 0 Å². The van der Waals surface area contributed by atoms with Crippen molar-refractivity contribution in [2.75, 3.05) is 0 Å². The van der Waals surface area contributed by atoms with Crippen molar-refractivity contribution in [2.24, 2.45) is 0 Å². The largest absolute Gasteiger partial charge is 0.309 e. The molecule has 3 heteroatoms. The van der Waals surface area contributed by atoms with Gasteiger partial charge in [0.25, 0.3) is 0 Å². The maximum atomic E-state index is 2.52. The molecule has 0 N–H and O–H groups in total. The molecule has 0 aliphatic carbocycles. The molecule has 0 radical (unpaired) electrons. The zero-order valence-electron chi connectivity index (χ0n) is 43.6. The number of hydrogen-bond acceptors (Lipinski definition) is 0. The van der Waals surface area contributed by atoms with Crippen LogP contribution < -0.4 is 0 Å². The van der Waals surface area contributed by atoms with Crippen LogP contribution >= 0.6 is 0 Å². The van der Waals surface area contributed by atoms with E-state index in [2.05, 4.69) is 273 Å². The second kappa shape index (κ2) is 15.6. The Morgan fingerprint density at radius 1 is 0.239 bits per heavy atom. The fourth-order valence-electron chi connectivity index (χ4n) is 11.2. The average molecular weight is 924 g/mol. The second-order valence-electron chi connectivity index (χ2n) is 24.4. The van der Waals surface area contributed by atoms with Gasteiger partial charge in [-0.15, -0.1) is 0 Å². The third-order valence-corrected chi connectivity index (χ3v) is 15.4. The monoisotopic (exact) mass is 924 g/mol. The van der Waals surface area contributed by atoms with Crippen molar-refractivity contribution in [3.63, 3.8) is 0 Å². The van der Waals surface area contributed by atoms with E-state index in [9.17, 15) is 0 Å². The molecule has 71 heavy (non-hydrogen) atoms. The summed E-state index contributed by atoms with van der Waals surface area (Å²) in [6.07, 6.45) is 0. The predicted molar refractivity (Wildman–Crippen MR) is 307 cm³/mol. The zero-order valence-corrected chi connectivity index (χ0v) is 43.6. The summed E-state index contributed by atoms with van der Waals surface area (Å²) >= 11 is 0. The van der Waals surface area contributed by atoms with Gasteiger partial charge in [-0.05, 0) is 157 Å². The Balaban J connectivity index is 1.13. The lowest BCUT2D eigenvalue weighted by atomic mass is 9.85. The third-order valence-electron chi connectivity index (χ3n) is 15.4. The molecule has 12 aromatic rings. The Morgan fingerprint density at radius 2 is 0.577 bits per heavy atom. The van der Waals surface area contributed by atoms with Crippen LogP contribution in [0.3, 0.4) is 0 Å². The molecule has 352 valence electrons. The smallest absolute Gasteiger partial charge is 0.0561 e. The number of fused-ring (bicyclic) bond motifs is 10. The Bertz CT molecular complexity index is 3770. The zero-order chi connectivity index (χ0) is 49.5. The molecule has 0 fully saturated rings. The van der Waals surface area contributed by atoms with Crippen LogP contribution in [0.2, 0.25) is 0 Å². The number of rotatable bonds is 4. The Hall–Kier alpha value is -7.36. The van der Waals surface area contributed by atoms with Crippen LogP contribution in [-0.4, -0.2) is 13.7 Å². The third kappa shape index (κ3) is 7.38. The maximum Gasteiger partial charge on any atom is 0.0561 e. The molecule has 3 heterocycles. The van der Waals surface area contributed by atoms with Crippen molar-refractivity contribution in [1.82, 2.24) is 13.7 Å². The summed E-state index contributed by atoms with van der Waals surface area (Å²) < 4.78 is 7.52. The lowest BCUT2D eigenvalue weighted by molar-refractivity contribution is 0.590. The quantitative estimate of drug-likeness (QED) is 0.167. The van der Waals surface area contributed by atoms with E-state index in [0.29, 0.717) is 0 Å². The van der Waals surface area contributed by atoms with Gasteiger partial charge in [-0.2, -0.15) is 0 Å². The molecule has 0 saturated carbocycles. The van der Waals surface area contributed by atoms with Gasteiger partial charge in [-0.3, -0.25) is 0 Å². The Kier molecular flexibility index (Phi) is 9.83. The van der Waals surface area contributed by atoms with Crippen molar-refractivity contribution in [2.45, 2.75) is 105 Å². The first kappa shape index (κ1) is 44.8. The minimum Gasteiger partial charge on any atom is -0.309 e. The van der Waals surface area contributed by atoms with E-state index in [4.69, 9.17) is 0 Å². The number of nitrogens with zero attached hydrogens (tertiary/aromatic N) is 3. The fraction of sp³-hybridized carbons (Fsp3) is 0.235. The van der Waals surface area contributed by atoms with Gasteiger partial charge in [-0.25, -0.2) is 0 Å². The highest BCUT2D eigenvalue weighted by Crippen LogP contribution is 2.43. The molecule has 0 spiro atoms. The van der Waals surface area contributed by atoms with Crippen LogP contribution in [0.5, 0.6) is 0 Å². The summed E-state index contributed by atoms with van der Waals surface area (Å²) in [6.45, 7) is 27.8. The Labute approximate surface area is 419 Å². The first-order valence-corrected chi connectivity index (χ1v) is 25.6. The van der Waals surface area contributed by atoms with Crippen molar-refractivity contribution in [3.8, 4) is 28.2 Å². The maximum absolute atomic E-state index is 2.52. The first-order chi connectivity index (χ1) is 33.7. The molecule has 0 aliphatic rings. The van der Waals surface area contributed by atoms with Crippen LogP contribution in [-0.2, 0) is 21.7 Å². The Morgan fingerprint density at radius 3 is 0.972 bits per heavy atom. The van der Waals surface area contributed by atoms with E-state index >= 15 is 0 Å². The van der Waals surface area contributed by atoms with Gasteiger partial charge >= 0.3 is 0 Å². The van der Waals surface area contributed by atoms with Gasteiger partial charge in [0, 0.05) is 49.4 Å². The van der Waals surface area contributed by atoms with E-state index in [1.807, 2.05) is 0 Å². The fourth-order valence-corrected chi connectivity index (χ4v) is 11.2. The van der Waals surface area contributed by atoms with Crippen molar-refractivity contribution in [3.05, 3.63) is 198 Å². The van der Waals surface area contributed by atoms with Gasteiger partial charge in [0.05, 0.1) is 33.1 Å². The highest BCUT2D eigenvalue weighted by molar-refractivity contribution is 6.14. The minimum atomic E-state index is 0.0237. The van der Waals surface area contributed by atoms with E-state index in [1.165, 1.54) is 110 Å². The van der Waals surface area contributed by atoms with Crippen LogP contribution in [0.4, 0.5) is 0 Å². The number of hydrogen-bond donors (Lipinski definition) is 0. The summed E-state index contributed by atoms with van der Waals surface area (Å²) in [6, 6.07) is 67.4. The summed E-state index contributed by atoms with van der Waals surface area (Å²) in [5.74, 6) is 0. The summed E-state index contributed by atoms with van der Waals surface area (Å²) in [7, 11) is 0. The summed E-state index contributed by atoms with van der Waals surface area (Å²) in [5.41, 5.74) is 18.6. The lowest BCUT2D eigenvalue weighted by Gasteiger charge is -2.19. The van der Waals surface area contributed by atoms with Crippen molar-refractivity contribution >= 4 is 76.2 Å². The molecule has 0 amide bonds. The average Bonchev–Trinajstić information content (AvgIpc) is 3.96. The van der Waals surface area contributed by atoms with E-state index in [0.717, 1.165) is 17.1 Å². The van der Waals surface area contributed by atoms with Crippen molar-refractivity contribution < 1.29 is 0 Å². The molecule has 3 nitrogen and oxygen atoms in total. The van der Waals surface area contributed by atoms with Crippen LogP contribution in [0.1, 0.15) is 105 Å². The van der Waals surface area contributed by atoms with E-state index in [-0.39, 0.29) is 21.7 Å². The molecule has 0 bridgehead atoms. The molecular weight excluding hydrogens is 859 g/mol. The first-order valence-electron chi connectivity index (χ1n) is 25.6. The molecule has 0 aliphatic heterocycles. The van der Waals surface area contributed by atoms with Gasteiger partial charge in [0.15, 0.2) is 0 Å². The second-order valence-corrected chi connectivity index (χ2v) is 24.4.